The van der Waals surface area contributed by atoms with E-state index in [9.17, 15) is 13.2 Å². The molecule has 0 radical (unpaired) electrons. The molecule has 0 aliphatic carbocycles. The predicted molar refractivity (Wildman–Crippen MR) is 43.3 cm³/mol. The molecule has 0 unspecified atom stereocenters. The van der Waals surface area contributed by atoms with Crippen LogP contribution in [0, 0.1) is 11.3 Å². The molecule has 0 aliphatic rings. The van der Waals surface area contributed by atoms with Crippen LogP contribution < -0.4 is 0 Å². The van der Waals surface area contributed by atoms with Crippen molar-refractivity contribution in [2.45, 2.75) is 12.0 Å². The Labute approximate surface area is 83.0 Å². The molecule has 0 atom stereocenters. The summed E-state index contributed by atoms with van der Waals surface area (Å²) in [5.74, 6) is -3.89. The summed E-state index contributed by atoms with van der Waals surface area (Å²) in [6, 6.07) is 5.52. The van der Waals surface area contributed by atoms with Crippen LogP contribution in [0.5, 0.6) is 0 Å². The standard InChI is InChI=1S/C9H6F3NO2/c10-9(11,12)8(14,15)7-3-1-6(5-13)2-4-7/h1-4,14-15H. The fraction of sp³-hybridized carbons (Fsp3) is 0.222. The minimum Gasteiger partial charge on any atom is -0.355 e. The first-order chi connectivity index (χ1) is 6.79. The lowest BCUT2D eigenvalue weighted by Gasteiger charge is -2.24. The van der Waals surface area contributed by atoms with Crippen molar-refractivity contribution in [1.29, 1.82) is 5.26 Å². The number of halogens is 3. The van der Waals surface area contributed by atoms with Crippen LogP contribution in [0.4, 0.5) is 13.2 Å². The lowest BCUT2D eigenvalue weighted by Crippen LogP contribution is -2.41. The van der Waals surface area contributed by atoms with Gasteiger partial charge in [-0.1, -0.05) is 12.1 Å². The van der Waals surface area contributed by atoms with Crippen molar-refractivity contribution in [3.05, 3.63) is 35.4 Å². The second-order valence-electron chi connectivity index (χ2n) is 2.86. The second kappa shape index (κ2) is 3.53. The number of hydrogen-bond donors (Lipinski definition) is 2. The number of hydrogen-bond acceptors (Lipinski definition) is 3. The minimum absolute atomic E-state index is 0.136. The van der Waals surface area contributed by atoms with Gasteiger partial charge in [0.15, 0.2) is 0 Å². The molecule has 2 N–H and O–H groups in total. The quantitative estimate of drug-likeness (QED) is 0.696. The van der Waals surface area contributed by atoms with E-state index in [2.05, 4.69) is 0 Å². The lowest BCUT2D eigenvalue weighted by molar-refractivity contribution is -0.358. The molecule has 1 aromatic rings. The molecule has 0 saturated carbocycles. The second-order valence-corrected chi connectivity index (χ2v) is 2.86. The SMILES string of the molecule is N#Cc1ccc(C(O)(O)C(F)(F)F)cc1. The Morgan fingerprint density at radius 2 is 1.53 bits per heavy atom. The van der Waals surface area contributed by atoms with Gasteiger partial charge in [0.1, 0.15) is 0 Å². The Bertz CT molecular complexity index is 389. The third-order valence-electron chi connectivity index (χ3n) is 1.81. The molecule has 0 amide bonds. The highest BCUT2D eigenvalue weighted by Gasteiger charge is 2.54. The average Bonchev–Trinajstić information content (AvgIpc) is 2.16. The highest BCUT2D eigenvalue weighted by molar-refractivity contribution is 5.33. The summed E-state index contributed by atoms with van der Waals surface area (Å²) in [7, 11) is 0. The smallest absolute Gasteiger partial charge is 0.355 e. The molecule has 1 rings (SSSR count). The van der Waals surface area contributed by atoms with Gasteiger partial charge in [-0.3, -0.25) is 0 Å². The van der Waals surface area contributed by atoms with Crippen LogP contribution in [0.25, 0.3) is 0 Å². The number of nitrogens with zero attached hydrogens (tertiary/aromatic N) is 1. The summed E-state index contributed by atoms with van der Waals surface area (Å²) < 4.78 is 36.4. The van der Waals surface area contributed by atoms with Crippen molar-refractivity contribution >= 4 is 0 Å². The first-order valence-electron chi connectivity index (χ1n) is 3.81. The van der Waals surface area contributed by atoms with Gasteiger partial charge in [-0.15, -0.1) is 0 Å². The predicted octanol–water partition coefficient (Wildman–Crippen LogP) is 1.26. The lowest BCUT2D eigenvalue weighted by atomic mass is 10.0. The van der Waals surface area contributed by atoms with Crippen LogP contribution in [0.3, 0.4) is 0 Å². The summed E-state index contributed by atoms with van der Waals surface area (Å²) in [5, 5.41) is 26.1. The molecule has 0 aliphatic heterocycles. The normalized spacial score (nSPS) is 12.3. The van der Waals surface area contributed by atoms with Gasteiger partial charge < -0.3 is 10.2 Å². The topological polar surface area (TPSA) is 64.2 Å². The molecule has 3 nitrogen and oxygen atoms in total. The zero-order valence-electron chi connectivity index (χ0n) is 7.28. The van der Waals surface area contributed by atoms with Crippen LogP contribution in [-0.4, -0.2) is 16.4 Å². The van der Waals surface area contributed by atoms with Gasteiger partial charge >= 0.3 is 6.18 Å². The number of nitriles is 1. The van der Waals surface area contributed by atoms with E-state index < -0.39 is 17.5 Å². The molecule has 0 fully saturated rings. The van der Waals surface area contributed by atoms with E-state index in [0.29, 0.717) is 0 Å². The fourth-order valence-electron chi connectivity index (χ4n) is 0.941. The first-order valence-corrected chi connectivity index (χ1v) is 3.81. The van der Waals surface area contributed by atoms with Gasteiger partial charge in [0, 0.05) is 5.56 Å². The van der Waals surface area contributed by atoms with Crippen molar-refractivity contribution in [3.63, 3.8) is 0 Å². The maximum Gasteiger partial charge on any atom is 0.447 e. The number of benzene rings is 1. The third kappa shape index (κ3) is 2.09. The summed E-state index contributed by atoms with van der Waals surface area (Å²) >= 11 is 0. The molecule has 1 aromatic carbocycles. The van der Waals surface area contributed by atoms with E-state index in [1.54, 1.807) is 6.07 Å². The van der Waals surface area contributed by atoms with Gasteiger partial charge in [0.05, 0.1) is 11.6 Å². The molecular weight excluding hydrogens is 211 g/mol. The van der Waals surface area contributed by atoms with E-state index in [4.69, 9.17) is 15.5 Å². The van der Waals surface area contributed by atoms with Crippen molar-refractivity contribution in [2.24, 2.45) is 0 Å². The molecule has 6 heteroatoms. The molecule has 0 spiro atoms. The largest absolute Gasteiger partial charge is 0.447 e. The zero-order chi connectivity index (χ0) is 11.7. The molecule has 15 heavy (non-hydrogen) atoms. The summed E-state index contributed by atoms with van der Waals surface area (Å²) in [5.41, 5.74) is -0.592. The van der Waals surface area contributed by atoms with Crippen molar-refractivity contribution < 1.29 is 23.4 Å². The van der Waals surface area contributed by atoms with Crippen LogP contribution in [0.1, 0.15) is 11.1 Å². The monoisotopic (exact) mass is 217 g/mol. The van der Waals surface area contributed by atoms with Gasteiger partial charge in [-0.25, -0.2) is 0 Å². The summed E-state index contributed by atoms with van der Waals surface area (Å²) in [6.07, 6.45) is -5.18. The Morgan fingerprint density at radius 3 is 1.87 bits per heavy atom. The van der Waals surface area contributed by atoms with Crippen LogP contribution in [0.15, 0.2) is 24.3 Å². The Hall–Kier alpha value is -1.58. The number of alkyl halides is 3. The molecular formula is C9H6F3NO2. The van der Waals surface area contributed by atoms with Crippen molar-refractivity contribution in [2.75, 3.05) is 0 Å². The van der Waals surface area contributed by atoms with Crippen molar-refractivity contribution in [3.8, 4) is 6.07 Å². The van der Waals surface area contributed by atoms with Crippen LogP contribution in [-0.2, 0) is 5.79 Å². The molecule has 0 bridgehead atoms. The van der Waals surface area contributed by atoms with Crippen LogP contribution >= 0.6 is 0 Å². The molecule has 80 valence electrons. The maximum absolute atomic E-state index is 12.1. The third-order valence-corrected chi connectivity index (χ3v) is 1.81. The van der Waals surface area contributed by atoms with E-state index in [1.165, 1.54) is 0 Å². The highest BCUT2D eigenvalue weighted by atomic mass is 19.4. The average molecular weight is 217 g/mol. The van der Waals surface area contributed by atoms with Gasteiger partial charge in [0.25, 0.3) is 5.79 Å². The van der Waals surface area contributed by atoms with Gasteiger partial charge in [-0.05, 0) is 12.1 Å². The molecule has 0 aromatic heterocycles. The van der Waals surface area contributed by atoms with E-state index >= 15 is 0 Å². The maximum atomic E-state index is 12.1. The Balaban J connectivity index is 3.13. The van der Waals surface area contributed by atoms with Gasteiger partial charge in [-0.2, -0.15) is 18.4 Å². The fourth-order valence-corrected chi connectivity index (χ4v) is 0.941. The number of aliphatic hydroxyl groups is 2. The zero-order valence-corrected chi connectivity index (χ0v) is 7.28. The first kappa shape index (κ1) is 11.5. The molecule has 0 heterocycles. The summed E-state index contributed by atoms with van der Waals surface area (Å²) in [4.78, 5) is 0. The highest BCUT2D eigenvalue weighted by Crippen LogP contribution is 2.36. The van der Waals surface area contributed by atoms with Crippen molar-refractivity contribution in [1.82, 2.24) is 0 Å². The van der Waals surface area contributed by atoms with Crippen LogP contribution in [0.2, 0.25) is 0 Å². The van der Waals surface area contributed by atoms with E-state index in [0.717, 1.165) is 24.3 Å². The van der Waals surface area contributed by atoms with Gasteiger partial charge in [0.2, 0.25) is 0 Å². The number of rotatable bonds is 1. The summed E-state index contributed by atoms with van der Waals surface area (Å²) in [6.45, 7) is 0. The Morgan fingerprint density at radius 1 is 1.07 bits per heavy atom. The molecule has 0 saturated heterocycles. The minimum atomic E-state index is -5.18. The Kier molecular flexibility index (Phi) is 2.71. The van der Waals surface area contributed by atoms with E-state index in [1.807, 2.05) is 0 Å². The van der Waals surface area contributed by atoms with E-state index in [-0.39, 0.29) is 5.56 Å².